The Labute approximate surface area is 147 Å². The van der Waals surface area contributed by atoms with Crippen LogP contribution in [0.2, 0.25) is 0 Å². The van der Waals surface area contributed by atoms with E-state index in [1.165, 1.54) is 4.90 Å². The van der Waals surface area contributed by atoms with Crippen molar-refractivity contribution in [1.82, 2.24) is 24.7 Å². The van der Waals surface area contributed by atoms with Crippen molar-refractivity contribution in [1.29, 1.82) is 0 Å². The van der Waals surface area contributed by atoms with Crippen LogP contribution in [0.3, 0.4) is 0 Å². The molecule has 1 fully saturated rings. The van der Waals surface area contributed by atoms with Gasteiger partial charge < -0.3 is 19.4 Å². The van der Waals surface area contributed by atoms with E-state index in [1.807, 2.05) is 6.07 Å². The van der Waals surface area contributed by atoms with Crippen molar-refractivity contribution in [2.24, 2.45) is 0 Å². The summed E-state index contributed by atoms with van der Waals surface area (Å²) < 4.78 is 5.65. The molecule has 2 N–H and O–H groups in total. The van der Waals surface area contributed by atoms with Gasteiger partial charge in [0.1, 0.15) is 11.6 Å². The fourth-order valence-corrected chi connectivity index (χ4v) is 3.02. The minimum Gasteiger partial charge on any atom is -0.455 e. The summed E-state index contributed by atoms with van der Waals surface area (Å²) in [5.74, 6) is 1.83. The quantitative estimate of drug-likeness (QED) is 0.813. The fraction of sp³-hybridized carbons (Fsp3) is 0.529. The molecule has 0 spiro atoms. The van der Waals surface area contributed by atoms with Crippen LogP contribution in [0.1, 0.15) is 22.1 Å². The Bertz CT molecular complexity index is 682. The Morgan fingerprint density at radius 3 is 2.68 bits per heavy atom. The van der Waals surface area contributed by atoms with Gasteiger partial charge >= 0.3 is 0 Å². The number of carbonyl (C=O) groups excluding carboxylic acids is 1. The van der Waals surface area contributed by atoms with E-state index in [0.29, 0.717) is 31.9 Å². The molecule has 0 unspecified atom stereocenters. The maximum absolute atomic E-state index is 11.9. The second-order valence-corrected chi connectivity index (χ2v) is 6.63. The predicted octanol–water partition coefficient (Wildman–Crippen LogP) is 0.383. The number of carbonyl (C=O) groups is 1. The number of hydrogen-bond acceptors (Lipinski definition) is 6. The van der Waals surface area contributed by atoms with E-state index in [-0.39, 0.29) is 5.91 Å². The molecule has 0 aliphatic carbocycles. The zero-order valence-corrected chi connectivity index (χ0v) is 14.7. The lowest BCUT2D eigenvalue weighted by atomic mass is 10.3. The Morgan fingerprint density at radius 2 is 2.04 bits per heavy atom. The van der Waals surface area contributed by atoms with Crippen molar-refractivity contribution in [3.05, 3.63) is 41.9 Å². The first-order valence-electron chi connectivity index (χ1n) is 8.42. The molecule has 2 aromatic heterocycles. The van der Waals surface area contributed by atoms with Crippen molar-refractivity contribution >= 4 is 5.91 Å². The molecule has 0 radical (unpaired) electrons. The molecule has 136 valence electrons. The van der Waals surface area contributed by atoms with Gasteiger partial charge in [0, 0.05) is 52.7 Å². The van der Waals surface area contributed by atoms with Crippen LogP contribution < -0.4 is 0 Å². The molecule has 8 nitrogen and oxygen atoms in total. The number of aromatic nitrogens is 2. The zero-order chi connectivity index (χ0) is 17.8. The second-order valence-electron chi connectivity index (χ2n) is 6.63. The summed E-state index contributed by atoms with van der Waals surface area (Å²) in [5.41, 5.74) is 0. The van der Waals surface area contributed by atoms with Crippen LogP contribution in [0.25, 0.3) is 0 Å². The number of hydrogen-bond donors (Lipinski definition) is 2. The van der Waals surface area contributed by atoms with Crippen LogP contribution in [0, 0.1) is 0 Å². The molecule has 1 saturated heterocycles. The van der Waals surface area contributed by atoms with Crippen LogP contribution >= 0.6 is 0 Å². The molecule has 0 aromatic carbocycles. The summed E-state index contributed by atoms with van der Waals surface area (Å²) >= 11 is 0. The van der Waals surface area contributed by atoms with E-state index < -0.39 is 6.10 Å². The molecule has 1 amide bonds. The Kier molecular flexibility index (Phi) is 5.52. The van der Waals surface area contributed by atoms with Gasteiger partial charge in [-0.1, -0.05) is 0 Å². The van der Waals surface area contributed by atoms with E-state index in [0.717, 1.165) is 24.7 Å². The van der Waals surface area contributed by atoms with E-state index in [9.17, 15) is 9.90 Å². The first kappa shape index (κ1) is 17.7. The summed E-state index contributed by atoms with van der Waals surface area (Å²) in [6.45, 7) is 4.11. The minimum atomic E-state index is -0.435. The summed E-state index contributed by atoms with van der Waals surface area (Å²) in [4.78, 5) is 25.1. The Hall–Kier alpha value is -2.16. The third kappa shape index (κ3) is 4.68. The van der Waals surface area contributed by atoms with Crippen LogP contribution in [0.5, 0.6) is 0 Å². The number of β-amino-alcohol motifs (C(OH)–C–C–N with tert-alkyl or cyclic N) is 1. The van der Waals surface area contributed by atoms with Gasteiger partial charge in [-0.15, -0.1) is 0 Å². The number of aliphatic hydroxyl groups excluding tert-OH is 1. The van der Waals surface area contributed by atoms with Gasteiger partial charge in [0.15, 0.2) is 5.76 Å². The van der Waals surface area contributed by atoms with Crippen molar-refractivity contribution in [3.8, 4) is 0 Å². The number of imidazole rings is 1. The SMILES string of the molecule is CN(C)C(=O)c1ccc(CN2CCN(Cc3ncc[nH]3)C[C@H](O)C2)o1. The van der Waals surface area contributed by atoms with Crippen molar-refractivity contribution < 1.29 is 14.3 Å². The largest absolute Gasteiger partial charge is 0.455 e. The van der Waals surface area contributed by atoms with Crippen LogP contribution in [0.15, 0.2) is 28.9 Å². The molecule has 2 aromatic rings. The van der Waals surface area contributed by atoms with Gasteiger partial charge in [-0.3, -0.25) is 14.6 Å². The van der Waals surface area contributed by atoms with E-state index in [4.69, 9.17) is 4.42 Å². The lowest BCUT2D eigenvalue weighted by Gasteiger charge is -2.20. The standard InChI is InChI=1S/C17H25N5O3/c1-20(2)17(24)15-4-3-14(25-15)11-21-7-8-22(10-13(23)9-21)12-16-18-5-6-19-16/h3-6,13,23H,7-12H2,1-2H3,(H,18,19)/t13-/m1/s1. The van der Waals surface area contributed by atoms with Gasteiger partial charge in [0.25, 0.3) is 5.91 Å². The highest BCUT2D eigenvalue weighted by Gasteiger charge is 2.23. The lowest BCUT2D eigenvalue weighted by molar-refractivity contribution is 0.0789. The number of nitrogens with one attached hydrogen (secondary N) is 1. The molecular weight excluding hydrogens is 322 g/mol. The van der Waals surface area contributed by atoms with Gasteiger partial charge in [-0.05, 0) is 12.1 Å². The lowest BCUT2D eigenvalue weighted by Crippen LogP contribution is -2.33. The number of furan rings is 1. The molecule has 0 bridgehead atoms. The average molecular weight is 347 g/mol. The number of rotatable bonds is 5. The number of aromatic amines is 1. The first-order valence-corrected chi connectivity index (χ1v) is 8.42. The van der Waals surface area contributed by atoms with E-state index in [1.54, 1.807) is 32.6 Å². The third-order valence-corrected chi connectivity index (χ3v) is 4.26. The third-order valence-electron chi connectivity index (χ3n) is 4.26. The topological polar surface area (TPSA) is 88.8 Å². The molecule has 8 heteroatoms. The maximum Gasteiger partial charge on any atom is 0.289 e. The van der Waals surface area contributed by atoms with E-state index >= 15 is 0 Å². The maximum atomic E-state index is 11.9. The van der Waals surface area contributed by atoms with Crippen LogP contribution in [-0.2, 0) is 13.1 Å². The fourth-order valence-electron chi connectivity index (χ4n) is 3.02. The molecule has 3 heterocycles. The van der Waals surface area contributed by atoms with Crippen LogP contribution in [0.4, 0.5) is 0 Å². The summed E-state index contributed by atoms with van der Waals surface area (Å²) in [7, 11) is 3.40. The molecule has 1 aliphatic rings. The average Bonchev–Trinajstić information content (AvgIpc) is 3.19. The smallest absolute Gasteiger partial charge is 0.289 e. The molecule has 3 rings (SSSR count). The summed E-state index contributed by atoms with van der Waals surface area (Å²) in [5, 5.41) is 10.3. The second kappa shape index (κ2) is 7.81. The van der Waals surface area contributed by atoms with Gasteiger partial charge in [0.2, 0.25) is 0 Å². The normalized spacial score (nSPS) is 19.7. The highest BCUT2D eigenvalue weighted by molar-refractivity contribution is 5.91. The highest BCUT2D eigenvalue weighted by Crippen LogP contribution is 2.14. The zero-order valence-electron chi connectivity index (χ0n) is 14.7. The van der Waals surface area contributed by atoms with Crippen LogP contribution in [-0.4, -0.2) is 82.1 Å². The monoisotopic (exact) mass is 347 g/mol. The van der Waals surface area contributed by atoms with Crippen molar-refractivity contribution in [2.45, 2.75) is 19.2 Å². The van der Waals surface area contributed by atoms with Gasteiger partial charge in [-0.2, -0.15) is 0 Å². The Morgan fingerprint density at radius 1 is 1.32 bits per heavy atom. The number of nitrogens with zero attached hydrogens (tertiary/aromatic N) is 4. The van der Waals surface area contributed by atoms with Crippen molar-refractivity contribution in [2.75, 3.05) is 40.3 Å². The number of amides is 1. The van der Waals surface area contributed by atoms with Gasteiger partial charge in [-0.25, -0.2) is 4.98 Å². The number of aliphatic hydroxyl groups is 1. The molecule has 1 aliphatic heterocycles. The summed E-state index contributed by atoms with van der Waals surface area (Å²) in [6, 6.07) is 3.53. The van der Waals surface area contributed by atoms with Gasteiger partial charge in [0.05, 0.1) is 19.2 Å². The minimum absolute atomic E-state index is 0.147. The van der Waals surface area contributed by atoms with E-state index in [2.05, 4.69) is 19.8 Å². The molecular formula is C17H25N5O3. The molecule has 1 atom stereocenters. The number of H-pyrrole nitrogens is 1. The Balaban J connectivity index is 1.57. The highest BCUT2D eigenvalue weighted by atomic mass is 16.4. The summed E-state index contributed by atoms with van der Waals surface area (Å²) in [6.07, 6.45) is 3.11. The molecule has 25 heavy (non-hydrogen) atoms. The predicted molar refractivity (Wildman–Crippen MR) is 91.9 cm³/mol. The van der Waals surface area contributed by atoms with Crippen molar-refractivity contribution in [3.63, 3.8) is 0 Å². The molecule has 0 saturated carbocycles. The first-order chi connectivity index (χ1) is 12.0.